The highest BCUT2D eigenvalue weighted by Crippen LogP contribution is 2.33. The van der Waals surface area contributed by atoms with Crippen LogP contribution >= 0.6 is 0 Å². The van der Waals surface area contributed by atoms with Gasteiger partial charge >= 0.3 is 0 Å². The SMILES string of the molecule is C[C@@H]1CCC[C@H](C2OCCO2)N1S(=O)(=O)c1ccoc1. The second-order valence-electron chi connectivity index (χ2n) is 5.25. The first kappa shape index (κ1) is 14.1. The van der Waals surface area contributed by atoms with Crippen LogP contribution in [0.15, 0.2) is 27.9 Å². The molecule has 0 N–H and O–H groups in total. The van der Waals surface area contributed by atoms with Crippen molar-refractivity contribution in [1.29, 1.82) is 0 Å². The Morgan fingerprint density at radius 2 is 2.00 bits per heavy atom. The molecule has 2 aliphatic heterocycles. The van der Waals surface area contributed by atoms with Gasteiger partial charge in [-0.05, 0) is 25.8 Å². The fourth-order valence-electron chi connectivity index (χ4n) is 2.99. The van der Waals surface area contributed by atoms with Gasteiger partial charge in [-0.2, -0.15) is 4.31 Å². The molecular formula is C13H19NO5S. The summed E-state index contributed by atoms with van der Waals surface area (Å²) >= 11 is 0. The molecule has 1 aromatic heterocycles. The summed E-state index contributed by atoms with van der Waals surface area (Å²) in [6.45, 7) is 2.98. The lowest BCUT2D eigenvalue weighted by atomic mass is 9.99. The van der Waals surface area contributed by atoms with E-state index in [1.165, 1.54) is 22.9 Å². The van der Waals surface area contributed by atoms with Crippen molar-refractivity contribution in [3.05, 3.63) is 18.6 Å². The third-order valence-corrected chi connectivity index (χ3v) is 5.93. The molecule has 7 heteroatoms. The van der Waals surface area contributed by atoms with Crippen molar-refractivity contribution in [3.63, 3.8) is 0 Å². The van der Waals surface area contributed by atoms with Crippen molar-refractivity contribution in [2.75, 3.05) is 13.2 Å². The Bertz CT molecular complexity index is 535. The van der Waals surface area contributed by atoms with Gasteiger partial charge in [-0.1, -0.05) is 6.42 Å². The van der Waals surface area contributed by atoms with Gasteiger partial charge in [0.15, 0.2) is 6.29 Å². The van der Waals surface area contributed by atoms with Crippen molar-refractivity contribution in [1.82, 2.24) is 4.31 Å². The van der Waals surface area contributed by atoms with E-state index < -0.39 is 16.3 Å². The van der Waals surface area contributed by atoms with Gasteiger partial charge in [-0.25, -0.2) is 8.42 Å². The first-order valence-electron chi connectivity index (χ1n) is 6.89. The maximum atomic E-state index is 12.8. The van der Waals surface area contributed by atoms with Crippen LogP contribution in [0.3, 0.4) is 0 Å². The fraction of sp³-hybridized carbons (Fsp3) is 0.692. The summed E-state index contributed by atoms with van der Waals surface area (Å²) in [4.78, 5) is 0.189. The molecule has 0 saturated carbocycles. The van der Waals surface area contributed by atoms with Crippen LogP contribution in [0.2, 0.25) is 0 Å². The molecule has 3 rings (SSSR count). The third kappa shape index (κ3) is 2.39. The summed E-state index contributed by atoms with van der Waals surface area (Å²) in [6, 6.07) is 1.15. The van der Waals surface area contributed by atoms with E-state index in [0.29, 0.717) is 13.2 Å². The van der Waals surface area contributed by atoms with Crippen molar-refractivity contribution in [3.8, 4) is 0 Å². The van der Waals surface area contributed by atoms with Gasteiger partial charge in [-0.3, -0.25) is 0 Å². The molecule has 6 nitrogen and oxygen atoms in total. The maximum Gasteiger partial charge on any atom is 0.246 e. The van der Waals surface area contributed by atoms with Crippen LogP contribution in [0.1, 0.15) is 26.2 Å². The van der Waals surface area contributed by atoms with Gasteiger partial charge in [0.1, 0.15) is 11.2 Å². The molecule has 2 fully saturated rings. The minimum atomic E-state index is -3.57. The molecule has 0 spiro atoms. The van der Waals surface area contributed by atoms with E-state index in [1.807, 2.05) is 6.92 Å². The van der Waals surface area contributed by atoms with E-state index in [-0.39, 0.29) is 17.0 Å². The van der Waals surface area contributed by atoms with Gasteiger partial charge in [0.2, 0.25) is 10.0 Å². The van der Waals surface area contributed by atoms with Gasteiger partial charge in [0.05, 0.1) is 25.5 Å². The molecule has 0 amide bonds. The summed E-state index contributed by atoms with van der Waals surface area (Å²) in [5.74, 6) is 0. The number of rotatable bonds is 3. The van der Waals surface area contributed by atoms with Crippen molar-refractivity contribution >= 4 is 10.0 Å². The Labute approximate surface area is 118 Å². The topological polar surface area (TPSA) is 69.0 Å². The number of hydrogen-bond donors (Lipinski definition) is 0. The second kappa shape index (κ2) is 5.48. The Balaban J connectivity index is 1.93. The maximum absolute atomic E-state index is 12.8. The number of nitrogens with zero attached hydrogens (tertiary/aromatic N) is 1. The van der Waals surface area contributed by atoms with Crippen LogP contribution in [0.4, 0.5) is 0 Å². The molecule has 20 heavy (non-hydrogen) atoms. The molecule has 0 aromatic carbocycles. The molecule has 1 aromatic rings. The zero-order valence-electron chi connectivity index (χ0n) is 11.4. The molecule has 2 aliphatic rings. The van der Waals surface area contributed by atoms with Crippen molar-refractivity contribution < 1.29 is 22.3 Å². The number of sulfonamides is 1. The first-order valence-corrected chi connectivity index (χ1v) is 8.33. The monoisotopic (exact) mass is 301 g/mol. The van der Waals surface area contributed by atoms with Crippen LogP contribution in [0.25, 0.3) is 0 Å². The van der Waals surface area contributed by atoms with Crippen LogP contribution < -0.4 is 0 Å². The molecule has 2 atom stereocenters. The van der Waals surface area contributed by atoms with Crippen LogP contribution in [0.5, 0.6) is 0 Å². The summed E-state index contributed by atoms with van der Waals surface area (Å²) in [5, 5.41) is 0. The average Bonchev–Trinajstić information content (AvgIpc) is 3.12. The highest BCUT2D eigenvalue weighted by molar-refractivity contribution is 7.89. The Kier molecular flexibility index (Phi) is 3.85. The summed E-state index contributed by atoms with van der Waals surface area (Å²) in [7, 11) is -3.57. The molecule has 2 saturated heterocycles. The predicted molar refractivity (Wildman–Crippen MR) is 70.5 cm³/mol. The van der Waals surface area contributed by atoms with E-state index in [0.717, 1.165) is 19.3 Å². The van der Waals surface area contributed by atoms with Gasteiger partial charge in [0.25, 0.3) is 0 Å². The molecule has 0 bridgehead atoms. The second-order valence-corrected chi connectivity index (χ2v) is 7.09. The smallest absolute Gasteiger partial charge is 0.246 e. The molecular weight excluding hydrogens is 282 g/mol. The Hall–Kier alpha value is -0.890. The highest BCUT2D eigenvalue weighted by atomic mass is 32.2. The summed E-state index contributed by atoms with van der Waals surface area (Å²) in [6.07, 6.45) is 4.77. The molecule has 0 radical (unpaired) electrons. The highest BCUT2D eigenvalue weighted by Gasteiger charge is 2.43. The van der Waals surface area contributed by atoms with E-state index in [1.54, 1.807) is 0 Å². The van der Waals surface area contributed by atoms with Crippen LogP contribution in [-0.2, 0) is 19.5 Å². The van der Waals surface area contributed by atoms with Gasteiger partial charge in [-0.15, -0.1) is 0 Å². The number of piperidine rings is 1. The number of ether oxygens (including phenoxy) is 2. The lowest BCUT2D eigenvalue weighted by Gasteiger charge is -2.40. The largest absolute Gasteiger partial charge is 0.471 e. The molecule has 0 unspecified atom stereocenters. The summed E-state index contributed by atoms with van der Waals surface area (Å²) in [5.41, 5.74) is 0. The average molecular weight is 301 g/mol. The zero-order chi connectivity index (χ0) is 14.2. The van der Waals surface area contributed by atoms with Crippen LogP contribution in [-0.4, -0.2) is 44.3 Å². The Morgan fingerprint density at radius 1 is 1.25 bits per heavy atom. The van der Waals surface area contributed by atoms with Gasteiger partial charge < -0.3 is 13.9 Å². The van der Waals surface area contributed by atoms with E-state index in [4.69, 9.17) is 13.9 Å². The standard InChI is InChI=1S/C13H19NO5S/c1-10-3-2-4-12(13-18-7-8-19-13)14(10)20(15,16)11-5-6-17-9-11/h5-6,9-10,12-13H,2-4,7-8H2,1H3/t10-,12-/m1/s1. The third-order valence-electron chi connectivity index (χ3n) is 3.92. The lowest BCUT2D eigenvalue weighted by molar-refractivity contribution is -0.0976. The minimum Gasteiger partial charge on any atom is -0.471 e. The lowest BCUT2D eigenvalue weighted by Crippen LogP contribution is -2.53. The predicted octanol–water partition coefficient (Wildman–Crippen LogP) is 1.58. The van der Waals surface area contributed by atoms with Crippen LogP contribution in [0, 0.1) is 0 Å². The van der Waals surface area contributed by atoms with Crippen molar-refractivity contribution in [2.24, 2.45) is 0 Å². The van der Waals surface area contributed by atoms with E-state index in [9.17, 15) is 8.42 Å². The minimum absolute atomic E-state index is 0.0681. The van der Waals surface area contributed by atoms with E-state index >= 15 is 0 Å². The molecule has 3 heterocycles. The Morgan fingerprint density at radius 3 is 2.65 bits per heavy atom. The fourth-order valence-corrected chi connectivity index (χ4v) is 4.78. The van der Waals surface area contributed by atoms with Crippen molar-refractivity contribution in [2.45, 2.75) is 49.5 Å². The zero-order valence-corrected chi connectivity index (χ0v) is 12.2. The summed E-state index contributed by atoms with van der Waals surface area (Å²) < 4.78 is 43.1. The normalized spacial score (nSPS) is 29.9. The molecule has 112 valence electrons. The number of furan rings is 1. The number of hydrogen-bond acceptors (Lipinski definition) is 5. The van der Waals surface area contributed by atoms with Gasteiger partial charge in [0, 0.05) is 6.04 Å². The molecule has 0 aliphatic carbocycles. The quantitative estimate of drug-likeness (QED) is 0.848. The van der Waals surface area contributed by atoms with E-state index in [2.05, 4.69) is 0 Å². The first-order chi connectivity index (χ1) is 9.60.